The summed E-state index contributed by atoms with van der Waals surface area (Å²) in [6, 6.07) is 0. The van der Waals surface area contributed by atoms with E-state index in [0.717, 1.165) is 13.0 Å². The fourth-order valence-electron chi connectivity index (χ4n) is 1.21. The first-order chi connectivity index (χ1) is 5.52. The number of carbonyl (C=O) groups excluding carboxylic acids is 1. The van der Waals surface area contributed by atoms with Crippen LogP contribution in [0.1, 0.15) is 20.3 Å². The highest BCUT2D eigenvalue weighted by atomic mass is 16.7. The Bertz CT molecular complexity index is 183. The zero-order chi connectivity index (χ0) is 9.19. The smallest absolute Gasteiger partial charge is 0.302 e. The summed E-state index contributed by atoms with van der Waals surface area (Å²) in [6.07, 6.45) is 0.900. The molecule has 1 aliphatic heterocycles. The summed E-state index contributed by atoms with van der Waals surface area (Å²) in [7, 11) is 1.87. The van der Waals surface area contributed by atoms with E-state index in [-0.39, 0.29) is 11.6 Å². The van der Waals surface area contributed by atoms with Crippen LogP contribution in [0.3, 0.4) is 0 Å². The van der Waals surface area contributed by atoms with Crippen LogP contribution in [0.15, 0.2) is 0 Å². The van der Waals surface area contributed by atoms with Crippen molar-refractivity contribution in [2.24, 2.45) is 0 Å². The van der Waals surface area contributed by atoms with E-state index in [1.165, 1.54) is 6.92 Å². The second kappa shape index (κ2) is 3.41. The van der Waals surface area contributed by atoms with Crippen molar-refractivity contribution in [3.8, 4) is 0 Å². The molecule has 0 radical (unpaired) electrons. The number of nitrogens with zero attached hydrogens (tertiary/aromatic N) is 1. The van der Waals surface area contributed by atoms with Gasteiger partial charge in [0.25, 0.3) is 0 Å². The third kappa shape index (κ3) is 2.46. The van der Waals surface area contributed by atoms with Crippen molar-refractivity contribution in [1.29, 1.82) is 0 Å². The van der Waals surface area contributed by atoms with E-state index in [4.69, 9.17) is 9.57 Å². The predicted molar refractivity (Wildman–Crippen MR) is 43.4 cm³/mol. The second-order valence-corrected chi connectivity index (χ2v) is 3.42. The Balaban J connectivity index is 2.35. The molecule has 12 heavy (non-hydrogen) atoms. The van der Waals surface area contributed by atoms with Gasteiger partial charge in [0.1, 0.15) is 12.2 Å². The van der Waals surface area contributed by atoms with Gasteiger partial charge in [-0.3, -0.25) is 9.63 Å². The van der Waals surface area contributed by atoms with E-state index in [9.17, 15) is 4.79 Å². The van der Waals surface area contributed by atoms with Gasteiger partial charge in [0.15, 0.2) is 0 Å². The lowest BCUT2D eigenvalue weighted by molar-refractivity contribution is -0.193. The summed E-state index contributed by atoms with van der Waals surface area (Å²) in [5, 5.41) is 1.77. The van der Waals surface area contributed by atoms with Crippen molar-refractivity contribution < 1.29 is 14.4 Å². The number of hydrogen-bond acceptors (Lipinski definition) is 4. The first-order valence-electron chi connectivity index (χ1n) is 4.05. The van der Waals surface area contributed by atoms with Gasteiger partial charge in [-0.15, -0.1) is 0 Å². The van der Waals surface area contributed by atoms with E-state index >= 15 is 0 Å². The molecule has 0 saturated carbocycles. The van der Waals surface area contributed by atoms with Crippen LogP contribution >= 0.6 is 0 Å². The largest absolute Gasteiger partial charge is 0.463 e. The molecular weight excluding hydrogens is 158 g/mol. The van der Waals surface area contributed by atoms with Gasteiger partial charge in [0.05, 0.1) is 0 Å². The minimum Gasteiger partial charge on any atom is -0.463 e. The number of hydrogen-bond donors (Lipinski definition) is 0. The Hall–Kier alpha value is -0.610. The van der Waals surface area contributed by atoms with E-state index in [1.807, 2.05) is 14.0 Å². The number of carbonyl (C=O) groups is 1. The van der Waals surface area contributed by atoms with Crippen LogP contribution in [0.4, 0.5) is 0 Å². The standard InChI is InChI=1S/C8H15NO3/c1-7(10)11-6-8(2)4-5-9(3)12-8/h4-6H2,1-3H3. The van der Waals surface area contributed by atoms with Crippen molar-refractivity contribution in [3.05, 3.63) is 0 Å². The number of hydroxylamine groups is 2. The summed E-state index contributed by atoms with van der Waals surface area (Å²) in [5.74, 6) is -0.255. The molecule has 1 aliphatic rings. The monoisotopic (exact) mass is 173 g/mol. The highest BCUT2D eigenvalue weighted by Crippen LogP contribution is 2.24. The second-order valence-electron chi connectivity index (χ2n) is 3.42. The normalized spacial score (nSPS) is 30.6. The molecule has 0 amide bonds. The van der Waals surface area contributed by atoms with Gasteiger partial charge < -0.3 is 4.74 Å². The zero-order valence-electron chi connectivity index (χ0n) is 7.79. The van der Waals surface area contributed by atoms with Crippen LogP contribution in [-0.2, 0) is 14.4 Å². The minimum absolute atomic E-state index is 0.255. The molecule has 0 aromatic heterocycles. The van der Waals surface area contributed by atoms with Gasteiger partial charge >= 0.3 is 5.97 Å². The van der Waals surface area contributed by atoms with E-state index in [0.29, 0.717) is 6.61 Å². The van der Waals surface area contributed by atoms with Crippen LogP contribution in [0.5, 0.6) is 0 Å². The highest BCUT2D eigenvalue weighted by molar-refractivity contribution is 5.65. The zero-order valence-corrected chi connectivity index (χ0v) is 7.79. The van der Waals surface area contributed by atoms with Gasteiger partial charge in [-0.1, -0.05) is 0 Å². The number of esters is 1. The van der Waals surface area contributed by atoms with Crippen molar-refractivity contribution in [3.63, 3.8) is 0 Å². The Morgan fingerprint density at radius 2 is 2.42 bits per heavy atom. The molecule has 1 rings (SSSR count). The van der Waals surface area contributed by atoms with Gasteiger partial charge in [-0.05, 0) is 13.3 Å². The molecule has 0 spiro atoms. The molecule has 4 heteroatoms. The molecule has 70 valence electrons. The maximum absolute atomic E-state index is 10.5. The molecule has 0 aliphatic carbocycles. The molecule has 4 nitrogen and oxygen atoms in total. The molecule has 1 unspecified atom stereocenters. The Morgan fingerprint density at radius 1 is 1.75 bits per heavy atom. The van der Waals surface area contributed by atoms with Crippen LogP contribution in [0.2, 0.25) is 0 Å². The lowest BCUT2D eigenvalue weighted by atomic mass is 10.1. The van der Waals surface area contributed by atoms with Crippen molar-refractivity contribution in [2.45, 2.75) is 25.9 Å². The maximum atomic E-state index is 10.5. The Morgan fingerprint density at radius 3 is 2.83 bits per heavy atom. The third-order valence-electron chi connectivity index (χ3n) is 1.91. The van der Waals surface area contributed by atoms with Crippen LogP contribution in [-0.4, -0.2) is 36.8 Å². The fourth-order valence-corrected chi connectivity index (χ4v) is 1.21. The van der Waals surface area contributed by atoms with E-state index in [2.05, 4.69) is 0 Å². The highest BCUT2D eigenvalue weighted by Gasteiger charge is 2.34. The maximum Gasteiger partial charge on any atom is 0.302 e. The number of rotatable bonds is 2. The lowest BCUT2D eigenvalue weighted by Crippen LogP contribution is -2.32. The van der Waals surface area contributed by atoms with Gasteiger partial charge in [0, 0.05) is 20.5 Å². The predicted octanol–water partition coefficient (Wildman–Crippen LogP) is 0.575. The van der Waals surface area contributed by atoms with Gasteiger partial charge in [-0.25, -0.2) is 0 Å². The van der Waals surface area contributed by atoms with Crippen molar-refractivity contribution >= 4 is 5.97 Å². The third-order valence-corrected chi connectivity index (χ3v) is 1.91. The first-order valence-corrected chi connectivity index (χ1v) is 4.05. The van der Waals surface area contributed by atoms with Gasteiger partial charge in [0.2, 0.25) is 0 Å². The van der Waals surface area contributed by atoms with Gasteiger partial charge in [-0.2, -0.15) is 5.06 Å². The SMILES string of the molecule is CC(=O)OCC1(C)CCN(C)O1. The fraction of sp³-hybridized carbons (Fsp3) is 0.875. The van der Waals surface area contributed by atoms with Crippen LogP contribution < -0.4 is 0 Å². The lowest BCUT2D eigenvalue weighted by Gasteiger charge is -2.22. The average molecular weight is 173 g/mol. The molecule has 1 saturated heterocycles. The quantitative estimate of drug-likeness (QED) is 0.572. The molecule has 0 aromatic rings. The van der Waals surface area contributed by atoms with E-state index in [1.54, 1.807) is 5.06 Å². The van der Waals surface area contributed by atoms with Crippen molar-refractivity contribution in [1.82, 2.24) is 5.06 Å². The molecule has 0 bridgehead atoms. The molecule has 1 fully saturated rings. The average Bonchev–Trinajstić information content (AvgIpc) is 2.29. The van der Waals surface area contributed by atoms with E-state index < -0.39 is 0 Å². The summed E-state index contributed by atoms with van der Waals surface area (Å²) in [4.78, 5) is 16.0. The summed E-state index contributed by atoms with van der Waals surface area (Å²) in [5.41, 5.74) is -0.319. The van der Waals surface area contributed by atoms with Crippen LogP contribution in [0, 0.1) is 0 Å². The Labute approximate surface area is 72.4 Å². The van der Waals surface area contributed by atoms with Crippen molar-refractivity contribution in [2.75, 3.05) is 20.2 Å². The summed E-state index contributed by atoms with van der Waals surface area (Å²) >= 11 is 0. The first kappa shape index (κ1) is 9.48. The molecule has 1 heterocycles. The number of ether oxygens (including phenoxy) is 1. The Kier molecular flexibility index (Phi) is 2.69. The molecule has 0 aromatic carbocycles. The van der Waals surface area contributed by atoms with Crippen LogP contribution in [0.25, 0.3) is 0 Å². The summed E-state index contributed by atoms with van der Waals surface area (Å²) < 4.78 is 4.89. The minimum atomic E-state index is -0.319. The molecule has 0 N–H and O–H groups in total. The molecular formula is C8H15NO3. The summed E-state index contributed by atoms with van der Waals surface area (Å²) in [6.45, 7) is 4.58. The molecule has 1 atom stereocenters. The topological polar surface area (TPSA) is 38.8 Å².